The van der Waals surface area contributed by atoms with Crippen LogP contribution in [0.4, 0.5) is 5.69 Å². The van der Waals surface area contributed by atoms with Crippen LogP contribution in [0.1, 0.15) is 49.8 Å². The number of benzene rings is 1. The second-order valence-electron chi connectivity index (χ2n) is 8.70. The minimum Gasteiger partial charge on any atom is -0.388 e. The van der Waals surface area contributed by atoms with E-state index in [-0.39, 0.29) is 0 Å². The summed E-state index contributed by atoms with van der Waals surface area (Å²) in [6.45, 7) is 8.17. The minimum absolute atomic E-state index is 0.602. The van der Waals surface area contributed by atoms with Gasteiger partial charge in [-0.25, -0.2) is 0 Å². The number of hydrogen-bond acceptors (Lipinski definition) is 4. The summed E-state index contributed by atoms with van der Waals surface area (Å²) in [5.74, 6) is 0.753. The third-order valence-corrected chi connectivity index (χ3v) is 6.75. The molecule has 1 atom stereocenters. The first kappa shape index (κ1) is 18.5. The fourth-order valence-electron chi connectivity index (χ4n) is 4.59. The van der Waals surface area contributed by atoms with E-state index in [2.05, 4.69) is 54.3 Å². The molecule has 2 heterocycles. The van der Waals surface area contributed by atoms with Crippen molar-refractivity contribution in [2.45, 2.75) is 58.0 Å². The monoisotopic (exact) mass is 366 g/mol. The van der Waals surface area contributed by atoms with Crippen LogP contribution in [0.25, 0.3) is 5.57 Å². The zero-order chi connectivity index (χ0) is 19.0. The van der Waals surface area contributed by atoms with E-state index in [4.69, 9.17) is 5.41 Å². The first-order valence-electron chi connectivity index (χ1n) is 10.7. The fraction of sp³-hybridized carbons (Fsp3) is 0.609. The van der Waals surface area contributed by atoms with Gasteiger partial charge in [0.15, 0.2) is 0 Å². The quantitative estimate of drug-likeness (QED) is 0.723. The second kappa shape index (κ2) is 7.67. The molecule has 1 saturated carbocycles. The molecular formula is C23H34N4. The maximum atomic E-state index is 8.02. The minimum atomic E-state index is 0.602. The number of likely N-dealkylation sites (tertiary alicyclic amines) is 1. The van der Waals surface area contributed by atoms with E-state index in [1.165, 1.54) is 60.9 Å². The Morgan fingerprint density at radius 1 is 1.26 bits per heavy atom. The van der Waals surface area contributed by atoms with Crippen molar-refractivity contribution in [2.75, 3.05) is 31.6 Å². The molecule has 0 spiro atoms. The zero-order valence-corrected chi connectivity index (χ0v) is 17.1. The van der Waals surface area contributed by atoms with Crippen LogP contribution in [0.15, 0.2) is 18.3 Å². The molecule has 0 amide bonds. The van der Waals surface area contributed by atoms with Gasteiger partial charge in [0.05, 0.1) is 0 Å². The third-order valence-electron chi connectivity index (χ3n) is 6.75. The standard InChI is InChI=1S/C23H34N4/c1-4-27-14-17(15-27)11-22-20(18(12-24)13-25-19-6-7-19)9-10-23-21(22)8-5-16(2)26(23)3/h9-10,12-13,16-17,19,24-25H,4-8,11,14-15H2,1-3H3/b18-13+,24-12?. The van der Waals surface area contributed by atoms with Crippen molar-refractivity contribution < 1.29 is 0 Å². The third kappa shape index (κ3) is 3.77. The Balaban J connectivity index is 1.68. The Hall–Kier alpha value is -1.81. The van der Waals surface area contributed by atoms with Gasteiger partial charge in [-0.15, -0.1) is 0 Å². The Kier molecular flexibility index (Phi) is 5.27. The van der Waals surface area contributed by atoms with E-state index in [1.807, 2.05) is 0 Å². The predicted octanol–water partition coefficient (Wildman–Crippen LogP) is 3.69. The van der Waals surface area contributed by atoms with Gasteiger partial charge in [0.25, 0.3) is 0 Å². The van der Waals surface area contributed by atoms with E-state index in [9.17, 15) is 0 Å². The van der Waals surface area contributed by atoms with E-state index in [1.54, 1.807) is 0 Å². The van der Waals surface area contributed by atoms with E-state index in [0.717, 1.165) is 30.9 Å². The number of rotatable bonds is 7. The second-order valence-corrected chi connectivity index (χ2v) is 8.70. The van der Waals surface area contributed by atoms with Gasteiger partial charge < -0.3 is 20.5 Å². The summed E-state index contributed by atoms with van der Waals surface area (Å²) >= 11 is 0. The number of fused-ring (bicyclic) bond motifs is 1. The molecule has 1 aromatic carbocycles. The van der Waals surface area contributed by atoms with Crippen molar-refractivity contribution in [1.29, 1.82) is 5.41 Å². The van der Waals surface area contributed by atoms with Crippen LogP contribution in [0.5, 0.6) is 0 Å². The molecule has 1 aliphatic carbocycles. The first-order chi connectivity index (χ1) is 13.1. The SMILES string of the molecule is CCN1CC(Cc2c(/C(C=N)=C/NC3CC3)ccc3c2CCC(C)N3C)C1. The first-order valence-corrected chi connectivity index (χ1v) is 10.7. The molecule has 2 fully saturated rings. The van der Waals surface area contributed by atoms with E-state index < -0.39 is 0 Å². The lowest BCUT2D eigenvalue weighted by Crippen LogP contribution is -2.47. The zero-order valence-electron chi connectivity index (χ0n) is 17.1. The van der Waals surface area contributed by atoms with Crippen LogP contribution >= 0.6 is 0 Å². The molecule has 1 saturated heterocycles. The molecule has 27 heavy (non-hydrogen) atoms. The topological polar surface area (TPSA) is 42.4 Å². The molecule has 2 N–H and O–H groups in total. The van der Waals surface area contributed by atoms with Crippen molar-refractivity contribution in [1.82, 2.24) is 10.2 Å². The number of anilines is 1. The van der Waals surface area contributed by atoms with Gasteiger partial charge in [0, 0.05) is 55.9 Å². The number of allylic oxidation sites excluding steroid dienone is 1. The lowest BCUT2D eigenvalue weighted by molar-refractivity contribution is 0.108. The summed E-state index contributed by atoms with van der Waals surface area (Å²) in [7, 11) is 2.23. The van der Waals surface area contributed by atoms with Crippen molar-refractivity contribution >= 4 is 17.5 Å². The van der Waals surface area contributed by atoms with Gasteiger partial charge in [-0.3, -0.25) is 0 Å². The van der Waals surface area contributed by atoms with Gasteiger partial charge in [-0.05, 0) is 74.2 Å². The molecular weight excluding hydrogens is 332 g/mol. The maximum absolute atomic E-state index is 8.02. The Bertz CT molecular complexity index is 728. The summed E-state index contributed by atoms with van der Waals surface area (Å²) in [4.78, 5) is 4.97. The highest BCUT2D eigenvalue weighted by Crippen LogP contribution is 2.37. The summed E-state index contributed by atoms with van der Waals surface area (Å²) in [5, 5.41) is 11.5. The molecule has 1 unspecified atom stereocenters. The molecule has 1 aromatic rings. The number of nitrogens with one attached hydrogen (secondary N) is 2. The lowest BCUT2D eigenvalue weighted by atomic mass is 9.82. The molecule has 2 aliphatic heterocycles. The van der Waals surface area contributed by atoms with Gasteiger partial charge in [0.2, 0.25) is 0 Å². The lowest BCUT2D eigenvalue weighted by Gasteiger charge is -2.41. The highest BCUT2D eigenvalue weighted by molar-refractivity contribution is 6.09. The van der Waals surface area contributed by atoms with Crippen molar-refractivity contribution in [2.24, 2.45) is 5.92 Å². The molecule has 0 radical (unpaired) electrons. The molecule has 3 aliphatic rings. The number of hydrogen-bond donors (Lipinski definition) is 2. The highest BCUT2D eigenvalue weighted by atomic mass is 15.2. The Morgan fingerprint density at radius 3 is 2.70 bits per heavy atom. The van der Waals surface area contributed by atoms with Gasteiger partial charge in [0.1, 0.15) is 0 Å². The van der Waals surface area contributed by atoms with Crippen LogP contribution in [0, 0.1) is 11.3 Å². The average Bonchev–Trinajstić information content (AvgIpc) is 3.46. The fourth-order valence-corrected chi connectivity index (χ4v) is 4.59. The Morgan fingerprint density at radius 2 is 2.04 bits per heavy atom. The summed E-state index contributed by atoms with van der Waals surface area (Å²) < 4.78 is 0. The average molecular weight is 367 g/mol. The predicted molar refractivity (Wildman–Crippen MR) is 115 cm³/mol. The van der Waals surface area contributed by atoms with Crippen LogP contribution in [-0.4, -0.2) is 49.9 Å². The van der Waals surface area contributed by atoms with Crippen molar-refractivity contribution in [3.8, 4) is 0 Å². The van der Waals surface area contributed by atoms with E-state index >= 15 is 0 Å². The highest BCUT2D eigenvalue weighted by Gasteiger charge is 2.30. The van der Waals surface area contributed by atoms with Crippen LogP contribution in [-0.2, 0) is 12.8 Å². The van der Waals surface area contributed by atoms with Crippen molar-refractivity contribution in [3.05, 3.63) is 35.0 Å². The smallest absolute Gasteiger partial charge is 0.0401 e. The molecule has 4 rings (SSSR count). The van der Waals surface area contributed by atoms with Gasteiger partial charge in [-0.2, -0.15) is 0 Å². The normalized spacial score (nSPS) is 23.7. The summed E-state index contributed by atoms with van der Waals surface area (Å²) in [5.41, 5.74) is 6.74. The Labute approximate surface area is 164 Å². The summed E-state index contributed by atoms with van der Waals surface area (Å²) in [6, 6.07) is 5.78. The molecule has 4 heteroatoms. The van der Waals surface area contributed by atoms with Crippen molar-refractivity contribution in [3.63, 3.8) is 0 Å². The van der Waals surface area contributed by atoms with Crippen LogP contribution in [0.3, 0.4) is 0 Å². The number of nitrogens with zero attached hydrogens (tertiary/aromatic N) is 2. The largest absolute Gasteiger partial charge is 0.388 e. The van der Waals surface area contributed by atoms with Gasteiger partial charge in [-0.1, -0.05) is 13.0 Å². The molecule has 4 nitrogen and oxygen atoms in total. The van der Waals surface area contributed by atoms with Crippen LogP contribution < -0.4 is 10.2 Å². The summed E-state index contributed by atoms with van der Waals surface area (Å²) in [6.07, 6.45) is 9.67. The van der Waals surface area contributed by atoms with E-state index in [0.29, 0.717) is 12.1 Å². The molecule has 0 bridgehead atoms. The van der Waals surface area contributed by atoms with Gasteiger partial charge >= 0.3 is 0 Å². The van der Waals surface area contributed by atoms with Crippen LogP contribution in [0.2, 0.25) is 0 Å². The molecule has 0 aromatic heterocycles. The maximum Gasteiger partial charge on any atom is 0.0401 e. The molecule has 146 valence electrons.